The second-order valence-corrected chi connectivity index (χ2v) is 7.06. The van der Waals surface area contributed by atoms with E-state index in [0.29, 0.717) is 0 Å². The predicted molar refractivity (Wildman–Crippen MR) is 82.9 cm³/mol. The monoisotopic (exact) mass is 293 g/mol. The standard InChI is InChI=1S/C15H23N3OS/c1-5-13(19)18-8-6-17(7-9-18)10-12-11-20-14(16-12)15(2,3)4/h5,11H,1,6-10H2,2-4H3. The van der Waals surface area contributed by atoms with Crippen molar-refractivity contribution in [3.63, 3.8) is 0 Å². The van der Waals surface area contributed by atoms with Crippen LogP contribution in [-0.2, 0) is 16.8 Å². The van der Waals surface area contributed by atoms with E-state index in [1.54, 1.807) is 11.3 Å². The number of carbonyl (C=O) groups is 1. The van der Waals surface area contributed by atoms with Crippen LogP contribution in [0, 0.1) is 0 Å². The van der Waals surface area contributed by atoms with Crippen LogP contribution in [0.15, 0.2) is 18.0 Å². The Bertz CT molecular complexity index is 482. The van der Waals surface area contributed by atoms with Crippen LogP contribution in [0.5, 0.6) is 0 Å². The number of aromatic nitrogens is 1. The molecule has 1 saturated heterocycles. The molecule has 1 aliphatic rings. The van der Waals surface area contributed by atoms with Gasteiger partial charge in [-0.1, -0.05) is 27.4 Å². The molecule has 1 amide bonds. The Morgan fingerprint density at radius 1 is 1.40 bits per heavy atom. The summed E-state index contributed by atoms with van der Waals surface area (Å²) in [6.07, 6.45) is 1.39. The van der Waals surface area contributed by atoms with Crippen molar-refractivity contribution < 1.29 is 4.79 Å². The molecular weight excluding hydrogens is 270 g/mol. The van der Waals surface area contributed by atoms with Crippen molar-refractivity contribution >= 4 is 17.2 Å². The highest BCUT2D eigenvalue weighted by Crippen LogP contribution is 2.26. The van der Waals surface area contributed by atoms with Crippen molar-refractivity contribution in [2.75, 3.05) is 26.2 Å². The molecule has 20 heavy (non-hydrogen) atoms. The van der Waals surface area contributed by atoms with E-state index in [0.717, 1.165) is 38.4 Å². The number of rotatable bonds is 3. The van der Waals surface area contributed by atoms with Crippen LogP contribution in [0.25, 0.3) is 0 Å². The number of hydrogen-bond acceptors (Lipinski definition) is 4. The largest absolute Gasteiger partial charge is 0.337 e. The maximum absolute atomic E-state index is 11.5. The summed E-state index contributed by atoms with van der Waals surface area (Å²) < 4.78 is 0. The lowest BCUT2D eigenvalue weighted by Crippen LogP contribution is -2.47. The first-order valence-corrected chi connectivity index (χ1v) is 7.86. The van der Waals surface area contributed by atoms with E-state index in [4.69, 9.17) is 4.98 Å². The minimum atomic E-state index is 0.0355. The summed E-state index contributed by atoms with van der Waals surface area (Å²) in [4.78, 5) is 20.5. The summed E-state index contributed by atoms with van der Waals surface area (Å²) in [6.45, 7) is 14.3. The Morgan fingerprint density at radius 3 is 2.55 bits per heavy atom. The van der Waals surface area contributed by atoms with E-state index in [2.05, 4.69) is 37.6 Å². The van der Waals surface area contributed by atoms with Gasteiger partial charge in [0.25, 0.3) is 0 Å². The molecule has 0 saturated carbocycles. The zero-order chi connectivity index (χ0) is 14.8. The Morgan fingerprint density at radius 2 is 2.05 bits per heavy atom. The summed E-state index contributed by atoms with van der Waals surface area (Å²) in [6, 6.07) is 0. The molecule has 2 rings (SSSR count). The first-order chi connectivity index (χ1) is 9.40. The number of piperazine rings is 1. The van der Waals surface area contributed by atoms with Gasteiger partial charge in [0.05, 0.1) is 10.7 Å². The molecule has 5 heteroatoms. The minimum absolute atomic E-state index is 0.0355. The van der Waals surface area contributed by atoms with Gasteiger partial charge in [-0.2, -0.15) is 0 Å². The molecule has 2 heterocycles. The zero-order valence-corrected chi connectivity index (χ0v) is 13.4. The maximum Gasteiger partial charge on any atom is 0.246 e. The third kappa shape index (κ3) is 3.67. The highest BCUT2D eigenvalue weighted by atomic mass is 32.1. The van der Waals surface area contributed by atoms with Gasteiger partial charge in [-0.25, -0.2) is 4.98 Å². The fourth-order valence-corrected chi connectivity index (χ4v) is 3.11. The zero-order valence-electron chi connectivity index (χ0n) is 12.6. The molecule has 0 bridgehead atoms. The minimum Gasteiger partial charge on any atom is -0.337 e. The maximum atomic E-state index is 11.5. The second-order valence-electron chi connectivity index (χ2n) is 6.20. The lowest BCUT2D eigenvalue weighted by molar-refractivity contribution is -0.127. The van der Waals surface area contributed by atoms with Crippen molar-refractivity contribution in [3.8, 4) is 0 Å². The van der Waals surface area contributed by atoms with Crippen molar-refractivity contribution in [1.82, 2.24) is 14.8 Å². The molecule has 0 unspecified atom stereocenters. The van der Waals surface area contributed by atoms with Gasteiger partial charge in [0.2, 0.25) is 5.91 Å². The lowest BCUT2D eigenvalue weighted by Gasteiger charge is -2.33. The van der Waals surface area contributed by atoms with Gasteiger partial charge in [0.15, 0.2) is 0 Å². The van der Waals surface area contributed by atoms with Gasteiger partial charge >= 0.3 is 0 Å². The Labute approximate surface area is 125 Å². The Hall–Kier alpha value is -1.20. The normalized spacial score (nSPS) is 17.2. The topological polar surface area (TPSA) is 36.4 Å². The molecule has 0 atom stereocenters. The summed E-state index contributed by atoms with van der Waals surface area (Å²) in [5.41, 5.74) is 1.27. The van der Waals surface area contributed by atoms with E-state index in [-0.39, 0.29) is 11.3 Å². The average molecular weight is 293 g/mol. The molecule has 1 aliphatic heterocycles. The third-order valence-corrected chi connectivity index (χ3v) is 4.75. The van der Waals surface area contributed by atoms with Crippen LogP contribution in [0.1, 0.15) is 31.5 Å². The molecule has 0 aliphatic carbocycles. The van der Waals surface area contributed by atoms with E-state index >= 15 is 0 Å². The predicted octanol–water partition coefficient (Wildman–Crippen LogP) is 2.27. The molecule has 0 aromatic carbocycles. The van der Waals surface area contributed by atoms with Crippen molar-refractivity contribution in [3.05, 3.63) is 28.7 Å². The number of thiazole rings is 1. The van der Waals surface area contributed by atoms with Gasteiger partial charge in [-0.05, 0) is 6.08 Å². The molecule has 1 fully saturated rings. The molecule has 110 valence electrons. The van der Waals surface area contributed by atoms with Crippen LogP contribution in [-0.4, -0.2) is 46.9 Å². The Balaban J connectivity index is 1.88. The fourth-order valence-electron chi connectivity index (χ4n) is 2.21. The Kier molecular flexibility index (Phi) is 4.60. The van der Waals surface area contributed by atoms with Crippen LogP contribution < -0.4 is 0 Å². The van der Waals surface area contributed by atoms with Crippen LogP contribution >= 0.6 is 11.3 Å². The van der Waals surface area contributed by atoms with Crippen molar-refractivity contribution in [2.45, 2.75) is 32.7 Å². The third-order valence-electron chi connectivity index (χ3n) is 3.44. The highest BCUT2D eigenvalue weighted by molar-refractivity contribution is 7.09. The molecule has 1 aromatic rings. The van der Waals surface area contributed by atoms with Crippen molar-refractivity contribution in [1.29, 1.82) is 0 Å². The summed E-state index contributed by atoms with van der Waals surface area (Å²) in [7, 11) is 0. The first kappa shape index (κ1) is 15.2. The SMILES string of the molecule is C=CC(=O)N1CCN(Cc2csc(C(C)(C)C)n2)CC1. The summed E-state index contributed by atoms with van der Waals surface area (Å²) in [5.74, 6) is 0.0355. The quantitative estimate of drug-likeness (QED) is 0.802. The van der Waals surface area contributed by atoms with Gasteiger partial charge in [0, 0.05) is 43.5 Å². The molecule has 1 aromatic heterocycles. The number of carbonyl (C=O) groups excluding carboxylic acids is 1. The van der Waals surface area contributed by atoms with Gasteiger partial charge in [-0.15, -0.1) is 11.3 Å². The summed E-state index contributed by atoms with van der Waals surface area (Å²) >= 11 is 1.74. The second kappa shape index (κ2) is 6.06. The number of amides is 1. The van der Waals surface area contributed by atoms with E-state index in [9.17, 15) is 4.79 Å². The van der Waals surface area contributed by atoms with Crippen molar-refractivity contribution in [2.24, 2.45) is 0 Å². The molecule has 4 nitrogen and oxygen atoms in total. The van der Waals surface area contributed by atoms with Gasteiger partial charge in [-0.3, -0.25) is 9.69 Å². The number of hydrogen-bond donors (Lipinski definition) is 0. The van der Waals surface area contributed by atoms with Crippen LogP contribution in [0.3, 0.4) is 0 Å². The smallest absolute Gasteiger partial charge is 0.246 e. The van der Waals surface area contributed by atoms with E-state index < -0.39 is 0 Å². The van der Waals surface area contributed by atoms with E-state index in [1.807, 2.05) is 4.90 Å². The molecule has 0 N–H and O–H groups in total. The fraction of sp³-hybridized carbons (Fsp3) is 0.600. The van der Waals surface area contributed by atoms with Crippen LogP contribution in [0.2, 0.25) is 0 Å². The highest BCUT2D eigenvalue weighted by Gasteiger charge is 2.22. The molecular formula is C15H23N3OS. The molecule has 0 radical (unpaired) electrons. The average Bonchev–Trinajstić information content (AvgIpc) is 2.87. The molecule has 0 spiro atoms. The number of nitrogens with zero attached hydrogens (tertiary/aromatic N) is 3. The van der Waals surface area contributed by atoms with Gasteiger partial charge < -0.3 is 4.90 Å². The van der Waals surface area contributed by atoms with Crippen LogP contribution in [0.4, 0.5) is 0 Å². The van der Waals surface area contributed by atoms with E-state index in [1.165, 1.54) is 11.1 Å². The summed E-state index contributed by atoms with van der Waals surface area (Å²) in [5, 5.41) is 3.34. The van der Waals surface area contributed by atoms with Gasteiger partial charge in [0.1, 0.15) is 0 Å². The lowest BCUT2D eigenvalue weighted by atomic mass is 9.98. The first-order valence-electron chi connectivity index (χ1n) is 6.99.